The van der Waals surface area contributed by atoms with Crippen molar-refractivity contribution >= 4 is 17.5 Å². The lowest BCUT2D eigenvalue weighted by Crippen LogP contribution is -2.36. The predicted octanol–water partition coefficient (Wildman–Crippen LogP) is 3.87. The first-order chi connectivity index (χ1) is 13.4. The van der Waals surface area contributed by atoms with Gasteiger partial charge in [-0.15, -0.1) is 0 Å². The number of para-hydroxylation sites is 1. The molecule has 0 bridgehead atoms. The molecule has 1 aliphatic heterocycles. The average Bonchev–Trinajstić information content (AvgIpc) is 2.70. The van der Waals surface area contributed by atoms with Crippen LogP contribution in [-0.4, -0.2) is 44.0 Å². The highest BCUT2D eigenvalue weighted by Gasteiger charge is 2.26. The molecule has 0 N–H and O–H groups in total. The number of nitrogens with zero attached hydrogens (tertiary/aromatic N) is 2. The number of amides is 2. The van der Waals surface area contributed by atoms with Crippen LogP contribution in [0.15, 0.2) is 42.5 Å². The first kappa shape index (κ1) is 19.9. The van der Waals surface area contributed by atoms with E-state index in [1.165, 1.54) is 16.0 Å². The summed E-state index contributed by atoms with van der Waals surface area (Å²) in [5.74, 6) is 0.659. The van der Waals surface area contributed by atoms with Gasteiger partial charge in [0, 0.05) is 26.3 Å². The van der Waals surface area contributed by atoms with Gasteiger partial charge in [0.15, 0.2) is 6.61 Å². The van der Waals surface area contributed by atoms with Crippen LogP contribution in [0.3, 0.4) is 0 Å². The maximum Gasteiger partial charge on any atom is 0.262 e. The lowest BCUT2D eigenvalue weighted by Gasteiger charge is -2.30. The molecule has 1 heterocycles. The number of fused-ring (bicyclic) bond motifs is 1. The van der Waals surface area contributed by atoms with E-state index in [1.807, 2.05) is 17.0 Å². The van der Waals surface area contributed by atoms with Crippen LogP contribution < -0.4 is 9.64 Å². The number of ether oxygens (including phenoxy) is 1. The molecule has 148 valence electrons. The Labute approximate surface area is 166 Å². The molecule has 2 aromatic carbocycles. The zero-order valence-electron chi connectivity index (χ0n) is 17.1. The minimum atomic E-state index is -0.146. The number of hydrogen-bond acceptors (Lipinski definition) is 3. The van der Waals surface area contributed by atoms with Gasteiger partial charge < -0.3 is 14.5 Å². The van der Waals surface area contributed by atoms with E-state index < -0.39 is 0 Å². The number of rotatable bonds is 5. The van der Waals surface area contributed by atoms with E-state index in [9.17, 15) is 9.59 Å². The molecule has 0 unspecified atom stereocenters. The first-order valence-corrected chi connectivity index (χ1v) is 9.75. The van der Waals surface area contributed by atoms with E-state index in [-0.39, 0.29) is 18.4 Å². The van der Waals surface area contributed by atoms with Crippen LogP contribution in [-0.2, 0) is 11.2 Å². The van der Waals surface area contributed by atoms with Crippen molar-refractivity contribution in [3.8, 4) is 5.75 Å². The van der Waals surface area contributed by atoms with E-state index in [4.69, 9.17) is 4.74 Å². The maximum absolute atomic E-state index is 13.3. The molecule has 28 heavy (non-hydrogen) atoms. The van der Waals surface area contributed by atoms with Gasteiger partial charge in [0.2, 0.25) is 0 Å². The lowest BCUT2D eigenvalue weighted by molar-refractivity contribution is -0.130. The summed E-state index contributed by atoms with van der Waals surface area (Å²) in [4.78, 5) is 28.5. The van der Waals surface area contributed by atoms with E-state index in [0.29, 0.717) is 23.8 Å². The van der Waals surface area contributed by atoms with Crippen LogP contribution >= 0.6 is 0 Å². The highest BCUT2D eigenvalue weighted by Crippen LogP contribution is 2.32. The van der Waals surface area contributed by atoms with Gasteiger partial charge in [-0.05, 0) is 48.1 Å². The van der Waals surface area contributed by atoms with Crippen LogP contribution in [0.4, 0.5) is 5.69 Å². The summed E-state index contributed by atoms with van der Waals surface area (Å²) in [5, 5.41) is 0. The third-order valence-electron chi connectivity index (χ3n) is 5.10. The summed E-state index contributed by atoms with van der Waals surface area (Å²) >= 11 is 0. The molecule has 0 aliphatic carbocycles. The summed E-state index contributed by atoms with van der Waals surface area (Å²) < 4.78 is 5.67. The van der Waals surface area contributed by atoms with Crippen molar-refractivity contribution in [2.45, 2.75) is 32.6 Å². The quantitative estimate of drug-likeness (QED) is 0.791. The highest BCUT2D eigenvalue weighted by molar-refractivity contribution is 6.08. The standard InChI is InChI=1S/C23H28N2O3/c1-16(2)17-11-12-20-18(14-17)8-7-13-25(20)23(27)19-9-5-6-10-21(19)28-15-22(26)24(3)4/h5-6,9-12,14,16H,7-8,13,15H2,1-4H3. The van der Waals surface area contributed by atoms with Gasteiger partial charge >= 0.3 is 0 Å². The average molecular weight is 380 g/mol. The molecule has 1 aliphatic rings. The number of likely N-dealkylation sites (N-methyl/N-ethyl adjacent to an activating group) is 1. The largest absolute Gasteiger partial charge is 0.483 e. The van der Waals surface area contributed by atoms with Gasteiger partial charge in [0.25, 0.3) is 11.8 Å². The minimum Gasteiger partial charge on any atom is -0.483 e. The Balaban J connectivity index is 1.87. The first-order valence-electron chi connectivity index (χ1n) is 9.75. The van der Waals surface area contributed by atoms with Crippen LogP contribution in [0, 0.1) is 0 Å². The van der Waals surface area contributed by atoms with E-state index >= 15 is 0 Å². The van der Waals surface area contributed by atoms with Gasteiger partial charge in [0.1, 0.15) is 5.75 Å². The highest BCUT2D eigenvalue weighted by atomic mass is 16.5. The fraction of sp³-hybridized carbons (Fsp3) is 0.391. The maximum atomic E-state index is 13.3. The Morgan fingerprint density at radius 2 is 1.89 bits per heavy atom. The second-order valence-electron chi connectivity index (χ2n) is 7.68. The smallest absolute Gasteiger partial charge is 0.262 e. The van der Waals surface area contributed by atoms with Crippen molar-refractivity contribution in [2.75, 3.05) is 32.1 Å². The second-order valence-corrected chi connectivity index (χ2v) is 7.68. The van der Waals surface area contributed by atoms with Crippen molar-refractivity contribution in [3.63, 3.8) is 0 Å². The molecule has 0 saturated heterocycles. The molecule has 0 radical (unpaired) electrons. The van der Waals surface area contributed by atoms with Crippen molar-refractivity contribution in [3.05, 3.63) is 59.2 Å². The van der Waals surface area contributed by atoms with Crippen molar-refractivity contribution < 1.29 is 14.3 Å². The molecule has 5 heteroatoms. The van der Waals surface area contributed by atoms with Gasteiger partial charge in [-0.1, -0.05) is 38.1 Å². The number of carbonyl (C=O) groups excluding carboxylic acids is 2. The Morgan fingerprint density at radius 3 is 2.61 bits per heavy atom. The fourth-order valence-electron chi connectivity index (χ4n) is 3.37. The third-order valence-corrected chi connectivity index (χ3v) is 5.10. The summed E-state index contributed by atoms with van der Waals surface area (Å²) in [7, 11) is 3.36. The summed E-state index contributed by atoms with van der Waals surface area (Å²) in [6.45, 7) is 4.94. The minimum absolute atomic E-state index is 0.0915. The third kappa shape index (κ3) is 4.19. The number of benzene rings is 2. The monoisotopic (exact) mass is 380 g/mol. The van der Waals surface area contributed by atoms with Gasteiger partial charge in [-0.25, -0.2) is 0 Å². The Bertz CT molecular complexity index is 874. The van der Waals surface area contributed by atoms with Crippen molar-refractivity contribution in [2.24, 2.45) is 0 Å². The van der Waals surface area contributed by atoms with Gasteiger partial charge in [-0.3, -0.25) is 9.59 Å². The van der Waals surface area contributed by atoms with E-state index in [1.54, 1.807) is 26.2 Å². The van der Waals surface area contributed by atoms with Crippen molar-refractivity contribution in [1.29, 1.82) is 0 Å². The number of aryl methyl sites for hydroxylation is 1. The summed E-state index contributed by atoms with van der Waals surface area (Å²) in [6, 6.07) is 13.5. The SMILES string of the molecule is CC(C)c1ccc2c(c1)CCCN2C(=O)c1ccccc1OCC(=O)N(C)C. The molecular formula is C23H28N2O3. The lowest BCUT2D eigenvalue weighted by atomic mass is 9.94. The Morgan fingerprint density at radius 1 is 1.14 bits per heavy atom. The van der Waals surface area contributed by atoms with Crippen LogP contribution in [0.2, 0.25) is 0 Å². The summed E-state index contributed by atoms with van der Waals surface area (Å²) in [6.07, 6.45) is 1.91. The van der Waals surface area contributed by atoms with Crippen LogP contribution in [0.25, 0.3) is 0 Å². The van der Waals surface area contributed by atoms with E-state index in [0.717, 1.165) is 18.5 Å². The zero-order valence-corrected chi connectivity index (χ0v) is 17.1. The molecule has 0 saturated carbocycles. The molecule has 3 rings (SSSR count). The zero-order chi connectivity index (χ0) is 20.3. The molecule has 2 amide bonds. The Kier molecular flexibility index (Phi) is 6.02. The second kappa shape index (κ2) is 8.46. The van der Waals surface area contributed by atoms with Gasteiger partial charge in [0.05, 0.1) is 5.56 Å². The Hall–Kier alpha value is -2.82. The molecule has 2 aromatic rings. The molecule has 5 nitrogen and oxygen atoms in total. The summed E-state index contributed by atoms with van der Waals surface area (Å²) in [5.41, 5.74) is 3.96. The predicted molar refractivity (Wildman–Crippen MR) is 111 cm³/mol. The fourth-order valence-corrected chi connectivity index (χ4v) is 3.37. The van der Waals surface area contributed by atoms with E-state index in [2.05, 4.69) is 32.0 Å². The van der Waals surface area contributed by atoms with Crippen LogP contribution in [0.1, 0.15) is 47.7 Å². The molecule has 0 fully saturated rings. The normalized spacial score (nSPS) is 13.2. The molecule has 0 atom stereocenters. The number of anilines is 1. The molecule has 0 spiro atoms. The molecular weight excluding hydrogens is 352 g/mol. The number of carbonyl (C=O) groups is 2. The molecule has 0 aromatic heterocycles. The van der Waals surface area contributed by atoms with Gasteiger partial charge in [-0.2, -0.15) is 0 Å². The topological polar surface area (TPSA) is 49.9 Å². The van der Waals surface area contributed by atoms with Crippen LogP contribution in [0.5, 0.6) is 5.75 Å². The van der Waals surface area contributed by atoms with Crippen molar-refractivity contribution in [1.82, 2.24) is 4.90 Å². The number of hydrogen-bond donors (Lipinski definition) is 0.